The molecule has 1 heterocycles. The fraction of sp³-hybridized carbons (Fsp3) is 0.562. The van der Waals surface area contributed by atoms with Crippen molar-refractivity contribution in [1.82, 2.24) is 10.6 Å². The molecule has 0 saturated carbocycles. The van der Waals surface area contributed by atoms with Crippen LogP contribution in [0.2, 0.25) is 0 Å². The lowest BCUT2D eigenvalue weighted by Gasteiger charge is -2.29. The number of nitrogens with one attached hydrogen (secondary N) is 2. The van der Waals surface area contributed by atoms with Crippen LogP contribution < -0.4 is 10.6 Å². The van der Waals surface area contributed by atoms with Crippen molar-refractivity contribution in [2.75, 3.05) is 6.54 Å². The second kappa shape index (κ2) is 6.20. The molecule has 1 saturated heterocycles. The van der Waals surface area contributed by atoms with E-state index in [0.717, 1.165) is 32.2 Å². The van der Waals surface area contributed by atoms with E-state index >= 15 is 0 Å². The third kappa shape index (κ3) is 2.98. The van der Waals surface area contributed by atoms with Crippen molar-refractivity contribution >= 4 is 5.91 Å². The topological polar surface area (TPSA) is 41.1 Å². The summed E-state index contributed by atoms with van der Waals surface area (Å²) in [5.74, 6) is 0.156. The van der Waals surface area contributed by atoms with Crippen LogP contribution in [0, 0.1) is 0 Å². The van der Waals surface area contributed by atoms with Crippen molar-refractivity contribution in [3.05, 3.63) is 35.9 Å². The van der Waals surface area contributed by atoms with E-state index in [-0.39, 0.29) is 17.5 Å². The number of benzene rings is 1. The van der Waals surface area contributed by atoms with E-state index in [9.17, 15) is 4.79 Å². The monoisotopic (exact) mass is 260 g/mol. The van der Waals surface area contributed by atoms with Crippen molar-refractivity contribution in [3.63, 3.8) is 0 Å². The third-order valence-electron chi connectivity index (χ3n) is 4.20. The summed E-state index contributed by atoms with van der Waals surface area (Å²) in [7, 11) is 0. The number of hydrogen-bond donors (Lipinski definition) is 2. The molecule has 3 heteroatoms. The fourth-order valence-electron chi connectivity index (χ4n) is 2.87. The van der Waals surface area contributed by atoms with Gasteiger partial charge in [-0.15, -0.1) is 0 Å². The van der Waals surface area contributed by atoms with Gasteiger partial charge in [-0.05, 0) is 37.8 Å². The molecular formula is C16H24N2O. The van der Waals surface area contributed by atoms with Crippen LogP contribution in [0.5, 0.6) is 0 Å². The van der Waals surface area contributed by atoms with Crippen molar-refractivity contribution in [2.45, 2.75) is 51.1 Å². The number of carbonyl (C=O) groups is 1. The SMILES string of the molecule is CCC(NC(=O)C1(CC)CCCN1)c1ccccc1. The minimum absolute atomic E-state index is 0.111. The zero-order valence-electron chi connectivity index (χ0n) is 11.9. The Morgan fingerprint density at radius 3 is 2.63 bits per heavy atom. The molecule has 2 rings (SSSR count). The van der Waals surface area contributed by atoms with Crippen LogP contribution in [0.4, 0.5) is 0 Å². The van der Waals surface area contributed by atoms with E-state index in [1.807, 2.05) is 18.2 Å². The number of hydrogen-bond acceptors (Lipinski definition) is 2. The first-order chi connectivity index (χ1) is 9.22. The standard InChI is InChI=1S/C16H24N2O/c1-3-14(13-9-6-5-7-10-13)18-15(19)16(4-2)11-8-12-17-16/h5-7,9-10,14,17H,3-4,8,11-12H2,1-2H3,(H,18,19). The predicted molar refractivity (Wildman–Crippen MR) is 77.9 cm³/mol. The van der Waals surface area contributed by atoms with Crippen LogP contribution in [-0.2, 0) is 4.79 Å². The van der Waals surface area contributed by atoms with Gasteiger partial charge in [0.2, 0.25) is 5.91 Å². The zero-order chi connectivity index (χ0) is 13.7. The van der Waals surface area contributed by atoms with Crippen molar-refractivity contribution in [1.29, 1.82) is 0 Å². The molecule has 1 aliphatic heterocycles. The van der Waals surface area contributed by atoms with Crippen LogP contribution in [0.1, 0.15) is 51.1 Å². The molecule has 2 atom stereocenters. The van der Waals surface area contributed by atoms with Gasteiger partial charge in [-0.1, -0.05) is 44.2 Å². The molecule has 0 spiro atoms. The van der Waals surface area contributed by atoms with E-state index in [0.29, 0.717) is 0 Å². The van der Waals surface area contributed by atoms with Gasteiger partial charge in [0.1, 0.15) is 0 Å². The highest BCUT2D eigenvalue weighted by Crippen LogP contribution is 2.25. The highest BCUT2D eigenvalue weighted by molar-refractivity contribution is 5.87. The summed E-state index contributed by atoms with van der Waals surface area (Å²) in [6.07, 6.45) is 3.80. The maximum Gasteiger partial charge on any atom is 0.240 e. The molecule has 104 valence electrons. The van der Waals surface area contributed by atoms with Crippen LogP contribution in [-0.4, -0.2) is 18.0 Å². The molecule has 1 aromatic carbocycles. The molecule has 0 radical (unpaired) electrons. The Labute approximate surface area is 115 Å². The number of carbonyl (C=O) groups excluding carboxylic acids is 1. The maximum absolute atomic E-state index is 12.6. The Kier molecular flexibility index (Phi) is 4.59. The van der Waals surface area contributed by atoms with E-state index in [1.54, 1.807) is 0 Å². The first kappa shape index (κ1) is 14.1. The van der Waals surface area contributed by atoms with Crippen LogP contribution in [0.15, 0.2) is 30.3 Å². The normalized spacial score (nSPS) is 24.1. The third-order valence-corrected chi connectivity index (χ3v) is 4.20. The molecule has 0 bridgehead atoms. The largest absolute Gasteiger partial charge is 0.348 e. The van der Waals surface area contributed by atoms with Crippen LogP contribution >= 0.6 is 0 Å². The molecular weight excluding hydrogens is 236 g/mol. The fourth-order valence-corrected chi connectivity index (χ4v) is 2.87. The number of rotatable bonds is 5. The number of amides is 1. The Morgan fingerprint density at radius 2 is 2.11 bits per heavy atom. The lowest BCUT2D eigenvalue weighted by Crippen LogP contribution is -2.53. The average Bonchev–Trinajstić information content (AvgIpc) is 2.95. The molecule has 19 heavy (non-hydrogen) atoms. The Hall–Kier alpha value is -1.35. The molecule has 0 aliphatic carbocycles. The van der Waals surface area contributed by atoms with Crippen molar-refractivity contribution in [3.8, 4) is 0 Å². The van der Waals surface area contributed by atoms with E-state index < -0.39 is 0 Å². The molecule has 1 fully saturated rings. The summed E-state index contributed by atoms with van der Waals surface area (Å²) in [5, 5.41) is 6.60. The molecule has 1 aromatic rings. The van der Waals surface area contributed by atoms with E-state index in [4.69, 9.17) is 0 Å². The smallest absolute Gasteiger partial charge is 0.240 e. The molecule has 0 aromatic heterocycles. The van der Waals surface area contributed by atoms with E-state index in [1.165, 1.54) is 5.56 Å². The quantitative estimate of drug-likeness (QED) is 0.854. The summed E-state index contributed by atoms with van der Waals surface area (Å²) >= 11 is 0. The summed E-state index contributed by atoms with van der Waals surface area (Å²) < 4.78 is 0. The van der Waals surface area contributed by atoms with Gasteiger partial charge < -0.3 is 10.6 Å². The first-order valence-electron chi connectivity index (χ1n) is 7.33. The van der Waals surface area contributed by atoms with Gasteiger partial charge in [-0.25, -0.2) is 0 Å². The average molecular weight is 260 g/mol. The van der Waals surface area contributed by atoms with Gasteiger partial charge in [-0.3, -0.25) is 4.79 Å². The van der Waals surface area contributed by atoms with Gasteiger partial charge in [0.15, 0.2) is 0 Å². The maximum atomic E-state index is 12.6. The van der Waals surface area contributed by atoms with Crippen LogP contribution in [0.25, 0.3) is 0 Å². The predicted octanol–water partition coefficient (Wildman–Crippen LogP) is 2.79. The summed E-state index contributed by atoms with van der Waals surface area (Å²) in [6.45, 7) is 5.14. The lowest BCUT2D eigenvalue weighted by atomic mass is 9.92. The summed E-state index contributed by atoms with van der Waals surface area (Å²) in [5.41, 5.74) is 0.838. The Bertz CT molecular complexity index is 410. The molecule has 1 amide bonds. The molecule has 1 aliphatic rings. The van der Waals surface area contributed by atoms with Gasteiger partial charge >= 0.3 is 0 Å². The van der Waals surface area contributed by atoms with Crippen molar-refractivity contribution in [2.24, 2.45) is 0 Å². The zero-order valence-corrected chi connectivity index (χ0v) is 11.9. The second-order valence-corrected chi connectivity index (χ2v) is 5.31. The van der Waals surface area contributed by atoms with Crippen LogP contribution in [0.3, 0.4) is 0 Å². The van der Waals surface area contributed by atoms with Gasteiger partial charge in [0, 0.05) is 0 Å². The first-order valence-corrected chi connectivity index (χ1v) is 7.33. The lowest BCUT2D eigenvalue weighted by molar-refractivity contribution is -0.128. The highest BCUT2D eigenvalue weighted by atomic mass is 16.2. The van der Waals surface area contributed by atoms with E-state index in [2.05, 4.69) is 36.6 Å². The Balaban J connectivity index is 2.08. The van der Waals surface area contributed by atoms with Gasteiger partial charge in [-0.2, -0.15) is 0 Å². The summed E-state index contributed by atoms with van der Waals surface area (Å²) in [6, 6.07) is 10.3. The minimum atomic E-state index is -0.345. The van der Waals surface area contributed by atoms with Crippen molar-refractivity contribution < 1.29 is 4.79 Å². The minimum Gasteiger partial charge on any atom is -0.348 e. The molecule has 2 unspecified atom stereocenters. The Morgan fingerprint density at radius 1 is 1.37 bits per heavy atom. The van der Waals surface area contributed by atoms with Gasteiger partial charge in [0.05, 0.1) is 11.6 Å². The molecule has 3 nitrogen and oxygen atoms in total. The molecule has 2 N–H and O–H groups in total. The highest BCUT2D eigenvalue weighted by Gasteiger charge is 2.39. The van der Waals surface area contributed by atoms with Gasteiger partial charge in [0.25, 0.3) is 0 Å². The summed E-state index contributed by atoms with van der Waals surface area (Å²) in [4.78, 5) is 12.6. The second-order valence-electron chi connectivity index (χ2n) is 5.31.